The largest absolute Gasteiger partial charge is 0.352 e. The lowest BCUT2D eigenvalue weighted by atomic mass is 9.98. The lowest BCUT2D eigenvalue weighted by molar-refractivity contribution is -0.123. The van der Waals surface area contributed by atoms with Crippen LogP contribution in [0.4, 0.5) is 0 Å². The number of amides is 1. The molecule has 2 unspecified atom stereocenters. The van der Waals surface area contributed by atoms with E-state index >= 15 is 0 Å². The molecule has 1 aromatic carbocycles. The molecule has 4 heteroatoms. The number of hydrogen-bond donors (Lipinski definition) is 2. The second-order valence-electron chi connectivity index (χ2n) is 4.62. The third kappa shape index (κ3) is 3.50. The highest BCUT2D eigenvalue weighted by Crippen LogP contribution is 2.19. The van der Waals surface area contributed by atoms with E-state index in [4.69, 9.17) is 5.73 Å². The van der Waals surface area contributed by atoms with Crippen molar-refractivity contribution in [3.63, 3.8) is 0 Å². The van der Waals surface area contributed by atoms with E-state index in [1.165, 1.54) is 12.2 Å². The molecule has 0 radical (unpaired) electrons. The lowest BCUT2D eigenvalue weighted by Crippen LogP contribution is -2.42. The Morgan fingerprint density at radius 1 is 1.44 bits per heavy atom. The molecule has 1 fully saturated rings. The van der Waals surface area contributed by atoms with Crippen LogP contribution >= 0.6 is 11.8 Å². The maximum absolute atomic E-state index is 12.2. The summed E-state index contributed by atoms with van der Waals surface area (Å²) in [7, 11) is 0. The van der Waals surface area contributed by atoms with Gasteiger partial charge in [-0.15, -0.1) is 0 Å². The predicted molar refractivity (Wildman–Crippen MR) is 76.7 cm³/mol. The van der Waals surface area contributed by atoms with Crippen LogP contribution in [-0.2, 0) is 4.79 Å². The van der Waals surface area contributed by atoms with E-state index in [0.717, 1.165) is 17.7 Å². The minimum atomic E-state index is -0.224. The Labute approximate surface area is 113 Å². The van der Waals surface area contributed by atoms with Gasteiger partial charge in [-0.05, 0) is 24.2 Å². The molecule has 18 heavy (non-hydrogen) atoms. The van der Waals surface area contributed by atoms with Crippen LogP contribution < -0.4 is 11.1 Å². The summed E-state index contributed by atoms with van der Waals surface area (Å²) in [5.41, 5.74) is 6.75. The zero-order valence-corrected chi connectivity index (χ0v) is 11.3. The van der Waals surface area contributed by atoms with E-state index in [0.29, 0.717) is 12.6 Å². The number of nitrogens with two attached hydrogens (primary N) is 1. The SMILES string of the molecule is NCC(C(=O)NC1CCCSC1)c1ccccc1. The molecule has 0 spiro atoms. The average Bonchev–Trinajstić information content (AvgIpc) is 2.42. The fourth-order valence-corrected chi connectivity index (χ4v) is 3.31. The van der Waals surface area contributed by atoms with Gasteiger partial charge >= 0.3 is 0 Å². The zero-order chi connectivity index (χ0) is 12.8. The Morgan fingerprint density at radius 2 is 2.22 bits per heavy atom. The van der Waals surface area contributed by atoms with Gasteiger partial charge in [-0.3, -0.25) is 4.79 Å². The summed E-state index contributed by atoms with van der Waals surface area (Å²) < 4.78 is 0. The highest BCUT2D eigenvalue weighted by Gasteiger charge is 2.22. The summed E-state index contributed by atoms with van der Waals surface area (Å²) in [5.74, 6) is 2.08. The molecular weight excluding hydrogens is 244 g/mol. The van der Waals surface area contributed by atoms with E-state index in [1.807, 2.05) is 42.1 Å². The molecule has 1 aromatic rings. The lowest BCUT2D eigenvalue weighted by Gasteiger charge is -2.25. The molecule has 0 bridgehead atoms. The average molecular weight is 264 g/mol. The quantitative estimate of drug-likeness (QED) is 0.871. The number of benzene rings is 1. The number of carbonyl (C=O) groups excluding carboxylic acids is 1. The van der Waals surface area contributed by atoms with E-state index in [2.05, 4.69) is 5.32 Å². The monoisotopic (exact) mass is 264 g/mol. The van der Waals surface area contributed by atoms with Crippen molar-refractivity contribution in [3.8, 4) is 0 Å². The summed E-state index contributed by atoms with van der Waals surface area (Å²) in [4.78, 5) is 12.2. The van der Waals surface area contributed by atoms with Crippen LogP contribution in [0.15, 0.2) is 30.3 Å². The first-order valence-electron chi connectivity index (χ1n) is 6.44. The number of thioether (sulfide) groups is 1. The second-order valence-corrected chi connectivity index (χ2v) is 5.77. The Bertz CT molecular complexity index is 377. The van der Waals surface area contributed by atoms with Crippen molar-refractivity contribution < 1.29 is 4.79 Å². The van der Waals surface area contributed by atoms with Gasteiger partial charge in [-0.2, -0.15) is 11.8 Å². The Morgan fingerprint density at radius 3 is 2.83 bits per heavy atom. The van der Waals surface area contributed by atoms with Gasteiger partial charge in [-0.1, -0.05) is 30.3 Å². The van der Waals surface area contributed by atoms with Gasteiger partial charge in [0.1, 0.15) is 0 Å². The Hall–Kier alpha value is -1.00. The Balaban J connectivity index is 1.97. The van der Waals surface area contributed by atoms with Crippen molar-refractivity contribution in [2.75, 3.05) is 18.1 Å². The number of rotatable bonds is 4. The van der Waals surface area contributed by atoms with Crippen LogP contribution in [0.3, 0.4) is 0 Å². The molecule has 0 aliphatic carbocycles. The van der Waals surface area contributed by atoms with Crippen molar-refractivity contribution in [1.29, 1.82) is 0 Å². The van der Waals surface area contributed by atoms with Gasteiger partial charge in [0.25, 0.3) is 0 Å². The van der Waals surface area contributed by atoms with Crippen molar-refractivity contribution in [2.45, 2.75) is 24.8 Å². The highest BCUT2D eigenvalue weighted by atomic mass is 32.2. The number of nitrogens with one attached hydrogen (secondary N) is 1. The maximum Gasteiger partial charge on any atom is 0.229 e. The highest BCUT2D eigenvalue weighted by molar-refractivity contribution is 7.99. The summed E-state index contributed by atoms with van der Waals surface area (Å²) in [6.07, 6.45) is 2.28. The van der Waals surface area contributed by atoms with Crippen molar-refractivity contribution in [1.82, 2.24) is 5.32 Å². The van der Waals surface area contributed by atoms with Gasteiger partial charge in [0, 0.05) is 18.3 Å². The van der Waals surface area contributed by atoms with Crippen LogP contribution in [0.1, 0.15) is 24.3 Å². The molecular formula is C14H20N2OS. The summed E-state index contributed by atoms with van der Waals surface area (Å²) >= 11 is 1.91. The number of carbonyl (C=O) groups is 1. The summed E-state index contributed by atoms with van der Waals surface area (Å²) in [6, 6.07) is 10.1. The van der Waals surface area contributed by atoms with Crippen LogP contribution in [-0.4, -0.2) is 30.0 Å². The van der Waals surface area contributed by atoms with Gasteiger partial charge in [0.15, 0.2) is 0 Å². The van der Waals surface area contributed by atoms with Crippen LogP contribution in [0.5, 0.6) is 0 Å². The molecule has 3 nitrogen and oxygen atoms in total. The van der Waals surface area contributed by atoms with Gasteiger partial charge in [0.05, 0.1) is 5.92 Å². The van der Waals surface area contributed by atoms with Crippen molar-refractivity contribution >= 4 is 17.7 Å². The predicted octanol–water partition coefficient (Wildman–Crippen LogP) is 1.74. The Kier molecular flexibility index (Phi) is 5.08. The first-order valence-corrected chi connectivity index (χ1v) is 7.60. The van der Waals surface area contributed by atoms with Gasteiger partial charge < -0.3 is 11.1 Å². The minimum Gasteiger partial charge on any atom is -0.352 e. The fourth-order valence-electron chi connectivity index (χ4n) is 2.24. The topological polar surface area (TPSA) is 55.1 Å². The van der Waals surface area contributed by atoms with Crippen LogP contribution in [0, 0.1) is 0 Å². The summed E-state index contributed by atoms with van der Waals surface area (Å²) in [5, 5.41) is 3.13. The molecule has 1 saturated heterocycles. The van der Waals surface area contributed by atoms with E-state index in [1.54, 1.807) is 0 Å². The normalized spacial score (nSPS) is 21.3. The van der Waals surface area contributed by atoms with Gasteiger partial charge in [0.2, 0.25) is 5.91 Å². The van der Waals surface area contributed by atoms with E-state index in [9.17, 15) is 4.79 Å². The first-order chi connectivity index (χ1) is 8.81. The molecule has 2 rings (SSSR count). The van der Waals surface area contributed by atoms with Crippen molar-refractivity contribution in [3.05, 3.63) is 35.9 Å². The van der Waals surface area contributed by atoms with Gasteiger partial charge in [-0.25, -0.2) is 0 Å². The van der Waals surface area contributed by atoms with Crippen LogP contribution in [0.2, 0.25) is 0 Å². The smallest absolute Gasteiger partial charge is 0.229 e. The molecule has 1 aliphatic rings. The second kappa shape index (κ2) is 6.81. The van der Waals surface area contributed by atoms with Crippen LogP contribution in [0.25, 0.3) is 0 Å². The third-order valence-electron chi connectivity index (χ3n) is 3.26. The molecule has 1 aliphatic heterocycles. The molecule has 1 amide bonds. The molecule has 0 aromatic heterocycles. The van der Waals surface area contributed by atoms with E-state index < -0.39 is 0 Å². The maximum atomic E-state index is 12.2. The fraction of sp³-hybridized carbons (Fsp3) is 0.500. The number of hydrogen-bond acceptors (Lipinski definition) is 3. The minimum absolute atomic E-state index is 0.0659. The first kappa shape index (κ1) is 13.4. The molecule has 1 heterocycles. The van der Waals surface area contributed by atoms with E-state index in [-0.39, 0.29) is 11.8 Å². The molecule has 3 N–H and O–H groups in total. The molecule has 2 atom stereocenters. The third-order valence-corrected chi connectivity index (χ3v) is 4.48. The molecule has 0 saturated carbocycles. The van der Waals surface area contributed by atoms with Crippen molar-refractivity contribution in [2.24, 2.45) is 5.73 Å². The molecule has 98 valence electrons. The summed E-state index contributed by atoms with van der Waals surface area (Å²) in [6.45, 7) is 0.357. The zero-order valence-electron chi connectivity index (χ0n) is 10.5. The standard InChI is InChI=1S/C14H20N2OS/c15-9-13(11-5-2-1-3-6-11)14(17)16-12-7-4-8-18-10-12/h1-3,5-6,12-13H,4,7-10,15H2,(H,16,17).